The molecule has 1 aromatic heterocycles. The number of rotatable bonds is 5. The quantitative estimate of drug-likeness (QED) is 0.729. The van der Waals surface area contributed by atoms with Crippen LogP contribution in [0.3, 0.4) is 0 Å². The summed E-state index contributed by atoms with van der Waals surface area (Å²) in [7, 11) is 0. The zero-order chi connectivity index (χ0) is 15.2. The van der Waals surface area contributed by atoms with E-state index in [1.807, 2.05) is 6.92 Å². The summed E-state index contributed by atoms with van der Waals surface area (Å²) in [4.78, 5) is 22.6. The number of hydrogen-bond donors (Lipinski definition) is 3. The summed E-state index contributed by atoms with van der Waals surface area (Å²) in [5, 5.41) is 17.9. The highest BCUT2D eigenvalue weighted by molar-refractivity contribution is 5.95. The summed E-state index contributed by atoms with van der Waals surface area (Å²) in [5.74, 6) is -1.25. The highest BCUT2D eigenvalue weighted by atomic mass is 16.4. The van der Waals surface area contributed by atoms with Crippen LogP contribution >= 0.6 is 0 Å². The molecule has 0 spiro atoms. The van der Waals surface area contributed by atoms with Crippen LogP contribution in [0.25, 0.3) is 6.08 Å². The lowest BCUT2D eigenvalue weighted by atomic mass is 10.0. The zero-order valence-corrected chi connectivity index (χ0v) is 11.5. The van der Waals surface area contributed by atoms with Gasteiger partial charge < -0.3 is 10.4 Å². The summed E-state index contributed by atoms with van der Waals surface area (Å²) >= 11 is 0. The number of aliphatic carboxylic acids is 1. The third kappa shape index (κ3) is 4.04. The second-order valence-corrected chi connectivity index (χ2v) is 4.53. The molecule has 0 unspecified atom stereocenters. The minimum atomic E-state index is -1.02. The minimum Gasteiger partial charge on any atom is -0.478 e. The maximum absolute atomic E-state index is 12.1. The van der Waals surface area contributed by atoms with E-state index < -0.39 is 5.97 Å². The molecule has 0 radical (unpaired) electrons. The third-order valence-electron chi connectivity index (χ3n) is 2.95. The van der Waals surface area contributed by atoms with Crippen LogP contribution < -0.4 is 5.32 Å². The van der Waals surface area contributed by atoms with Crippen LogP contribution in [-0.2, 0) is 11.3 Å². The molecule has 1 heterocycles. The summed E-state index contributed by atoms with van der Waals surface area (Å²) in [5.41, 5.74) is 2.96. The Hall–Kier alpha value is -2.89. The van der Waals surface area contributed by atoms with Crippen LogP contribution in [0.4, 0.5) is 0 Å². The van der Waals surface area contributed by atoms with E-state index in [1.54, 1.807) is 30.6 Å². The number of nitrogens with one attached hydrogen (secondary N) is 2. The number of hydrogen-bond acceptors (Lipinski definition) is 3. The van der Waals surface area contributed by atoms with Gasteiger partial charge in [-0.15, -0.1) is 0 Å². The minimum absolute atomic E-state index is 0.221. The van der Waals surface area contributed by atoms with Crippen molar-refractivity contribution in [2.45, 2.75) is 13.5 Å². The van der Waals surface area contributed by atoms with E-state index in [4.69, 9.17) is 5.11 Å². The van der Waals surface area contributed by atoms with Crippen molar-refractivity contribution in [1.29, 1.82) is 0 Å². The normalized spacial score (nSPS) is 10.7. The molecule has 6 heteroatoms. The van der Waals surface area contributed by atoms with Crippen LogP contribution in [-0.4, -0.2) is 27.2 Å². The predicted molar refractivity (Wildman–Crippen MR) is 77.6 cm³/mol. The van der Waals surface area contributed by atoms with E-state index in [2.05, 4.69) is 15.5 Å². The maximum Gasteiger partial charge on any atom is 0.328 e. The highest BCUT2D eigenvalue weighted by Gasteiger charge is 2.07. The molecule has 108 valence electrons. The van der Waals surface area contributed by atoms with Gasteiger partial charge >= 0.3 is 5.97 Å². The SMILES string of the molecule is Cc1ccc(C(=O)NCc2cn[nH]c2)cc1/C=C/C(=O)O. The molecule has 2 aromatic rings. The number of aryl methyl sites for hydroxylation is 1. The number of aromatic nitrogens is 2. The lowest BCUT2D eigenvalue weighted by Crippen LogP contribution is -2.22. The fourth-order valence-corrected chi connectivity index (χ4v) is 1.78. The van der Waals surface area contributed by atoms with Crippen LogP contribution in [0.15, 0.2) is 36.7 Å². The van der Waals surface area contributed by atoms with Crippen molar-refractivity contribution in [2.75, 3.05) is 0 Å². The lowest BCUT2D eigenvalue weighted by Gasteiger charge is -2.06. The second kappa shape index (κ2) is 6.51. The summed E-state index contributed by atoms with van der Waals surface area (Å²) in [6.07, 6.45) is 5.87. The lowest BCUT2D eigenvalue weighted by molar-refractivity contribution is -0.131. The molecular formula is C15H15N3O3. The van der Waals surface area contributed by atoms with Crippen molar-refractivity contribution in [3.05, 3.63) is 58.9 Å². The van der Waals surface area contributed by atoms with Crippen molar-refractivity contribution in [3.8, 4) is 0 Å². The molecule has 2 rings (SSSR count). The summed E-state index contributed by atoms with van der Waals surface area (Å²) in [6.45, 7) is 2.23. The number of nitrogens with zero attached hydrogens (tertiary/aromatic N) is 1. The molecular weight excluding hydrogens is 270 g/mol. The van der Waals surface area contributed by atoms with E-state index >= 15 is 0 Å². The van der Waals surface area contributed by atoms with Gasteiger partial charge in [0.15, 0.2) is 0 Å². The first-order valence-electron chi connectivity index (χ1n) is 6.34. The fraction of sp³-hybridized carbons (Fsp3) is 0.133. The van der Waals surface area contributed by atoms with E-state index in [1.165, 1.54) is 6.08 Å². The molecule has 3 N–H and O–H groups in total. The van der Waals surface area contributed by atoms with Crippen molar-refractivity contribution in [1.82, 2.24) is 15.5 Å². The Morgan fingerprint density at radius 2 is 2.24 bits per heavy atom. The first kappa shape index (κ1) is 14.5. The number of carboxylic acid groups (broad SMARTS) is 1. The fourth-order valence-electron chi connectivity index (χ4n) is 1.78. The zero-order valence-electron chi connectivity index (χ0n) is 11.5. The van der Waals surface area contributed by atoms with E-state index in [0.717, 1.165) is 17.2 Å². The highest BCUT2D eigenvalue weighted by Crippen LogP contribution is 2.13. The van der Waals surface area contributed by atoms with E-state index in [9.17, 15) is 9.59 Å². The number of carbonyl (C=O) groups excluding carboxylic acids is 1. The Morgan fingerprint density at radius 3 is 2.90 bits per heavy atom. The van der Waals surface area contributed by atoms with Crippen LogP contribution in [0.2, 0.25) is 0 Å². The van der Waals surface area contributed by atoms with Gasteiger partial charge in [-0.3, -0.25) is 9.89 Å². The summed E-state index contributed by atoms with van der Waals surface area (Å²) in [6, 6.07) is 5.16. The van der Waals surface area contributed by atoms with Gasteiger partial charge in [0.25, 0.3) is 5.91 Å². The summed E-state index contributed by atoms with van der Waals surface area (Å²) < 4.78 is 0. The predicted octanol–water partition coefficient (Wildman–Crippen LogP) is 1.75. The molecule has 6 nitrogen and oxygen atoms in total. The Kier molecular flexibility index (Phi) is 4.50. The molecule has 0 atom stereocenters. The van der Waals surface area contributed by atoms with Gasteiger partial charge in [0.05, 0.1) is 6.20 Å². The van der Waals surface area contributed by atoms with Crippen LogP contribution in [0.5, 0.6) is 0 Å². The average molecular weight is 285 g/mol. The molecule has 0 aliphatic rings. The molecule has 0 bridgehead atoms. The Bertz CT molecular complexity index is 675. The smallest absolute Gasteiger partial charge is 0.328 e. The molecule has 0 fully saturated rings. The largest absolute Gasteiger partial charge is 0.478 e. The number of aromatic amines is 1. The van der Waals surface area contributed by atoms with Gasteiger partial charge in [0.2, 0.25) is 0 Å². The average Bonchev–Trinajstić information content (AvgIpc) is 2.97. The van der Waals surface area contributed by atoms with Gasteiger partial charge in [-0.05, 0) is 36.3 Å². The first-order chi connectivity index (χ1) is 10.1. The van der Waals surface area contributed by atoms with E-state index in [-0.39, 0.29) is 5.91 Å². The molecule has 0 saturated carbocycles. The molecule has 0 aliphatic carbocycles. The Labute approximate surface area is 121 Å². The molecule has 1 aromatic carbocycles. The monoisotopic (exact) mass is 285 g/mol. The number of H-pyrrole nitrogens is 1. The Morgan fingerprint density at radius 1 is 1.43 bits per heavy atom. The van der Waals surface area contributed by atoms with E-state index in [0.29, 0.717) is 17.7 Å². The first-order valence-corrected chi connectivity index (χ1v) is 6.34. The molecule has 0 saturated heterocycles. The molecule has 1 amide bonds. The van der Waals surface area contributed by atoms with Gasteiger partial charge in [-0.2, -0.15) is 5.10 Å². The number of carboxylic acids is 1. The second-order valence-electron chi connectivity index (χ2n) is 4.53. The van der Waals surface area contributed by atoms with Gasteiger partial charge in [0.1, 0.15) is 0 Å². The van der Waals surface area contributed by atoms with Gasteiger partial charge in [-0.25, -0.2) is 4.79 Å². The maximum atomic E-state index is 12.1. The van der Waals surface area contributed by atoms with Crippen LogP contribution in [0.1, 0.15) is 27.0 Å². The van der Waals surface area contributed by atoms with Crippen molar-refractivity contribution < 1.29 is 14.7 Å². The molecule has 21 heavy (non-hydrogen) atoms. The van der Waals surface area contributed by atoms with Crippen molar-refractivity contribution in [2.24, 2.45) is 0 Å². The number of benzene rings is 1. The number of amides is 1. The van der Waals surface area contributed by atoms with Gasteiger partial charge in [0, 0.05) is 29.9 Å². The number of carbonyl (C=O) groups is 2. The van der Waals surface area contributed by atoms with Crippen LogP contribution in [0, 0.1) is 6.92 Å². The van der Waals surface area contributed by atoms with Crippen molar-refractivity contribution in [3.63, 3.8) is 0 Å². The standard InChI is InChI=1S/C15H15N3O3/c1-10-2-3-13(6-12(10)4-5-14(19)20)15(21)16-7-11-8-17-18-9-11/h2-6,8-9H,7H2,1H3,(H,16,21)(H,17,18)(H,19,20)/b5-4+. The Balaban J connectivity index is 2.10. The third-order valence-corrected chi connectivity index (χ3v) is 2.95. The topological polar surface area (TPSA) is 95.1 Å². The van der Waals surface area contributed by atoms with Crippen molar-refractivity contribution >= 4 is 18.0 Å². The molecule has 0 aliphatic heterocycles. The van der Waals surface area contributed by atoms with Gasteiger partial charge in [-0.1, -0.05) is 6.07 Å².